The monoisotopic (exact) mass is 222 g/mol. The average molecular weight is 222 g/mol. The first-order valence-corrected chi connectivity index (χ1v) is 6.18. The van der Waals surface area contributed by atoms with Crippen LogP contribution in [0.5, 0.6) is 5.75 Å². The van der Waals surface area contributed by atoms with Crippen molar-refractivity contribution in [3.8, 4) is 5.75 Å². The van der Waals surface area contributed by atoms with Gasteiger partial charge in [0.15, 0.2) is 0 Å². The highest BCUT2D eigenvalue weighted by atomic mass is 19.1. The van der Waals surface area contributed by atoms with Crippen molar-refractivity contribution in [1.29, 1.82) is 0 Å². The lowest BCUT2D eigenvalue weighted by Gasteiger charge is -2.17. The van der Waals surface area contributed by atoms with E-state index in [9.17, 15) is 4.39 Å². The van der Waals surface area contributed by atoms with Gasteiger partial charge in [-0.2, -0.15) is 0 Å². The molecule has 0 heterocycles. The van der Waals surface area contributed by atoms with E-state index in [4.69, 9.17) is 4.74 Å². The highest BCUT2D eigenvalue weighted by Gasteiger charge is 2.13. The fraction of sp³-hybridized carbons (Fsp3) is 0.571. The second-order valence-corrected chi connectivity index (χ2v) is 4.64. The van der Waals surface area contributed by atoms with Crippen molar-refractivity contribution in [2.24, 2.45) is 0 Å². The van der Waals surface area contributed by atoms with Gasteiger partial charge in [-0.15, -0.1) is 0 Å². The first-order chi connectivity index (χ1) is 7.75. The summed E-state index contributed by atoms with van der Waals surface area (Å²) in [5.74, 6) is 0.652. The van der Waals surface area contributed by atoms with Crippen LogP contribution in [0.1, 0.15) is 44.1 Å². The molecule has 0 atom stereocenters. The topological polar surface area (TPSA) is 9.23 Å². The van der Waals surface area contributed by atoms with E-state index in [0.29, 0.717) is 11.7 Å². The van der Waals surface area contributed by atoms with Crippen molar-refractivity contribution in [2.75, 3.05) is 0 Å². The number of benzene rings is 1. The number of ether oxygens (including phenoxy) is 1. The van der Waals surface area contributed by atoms with E-state index in [1.807, 2.05) is 0 Å². The van der Waals surface area contributed by atoms with Crippen LogP contribution in [-0.4, -0.2) is 6.10 Å². The molecule has 0 N–H and O–H groups in total. The van der Waals surface area contributed by atoms with E-state index in [2.05, 4.69) is 0 Å². The van der Waals surface area contributed by atoms with Gasteiger partial charge in [0.2, 0.25) is 0 Å². The molecule has 88 valence electrons. The van der Waals surface area contributed by atoms with Gasteiger partial charge in [0.1, 0.15) is 11.6 Å². The Morgan fingerprint density at radius 2 is 1.81 bits per heavy atom. The van der Waals surface area contributed by atoms with Crippen molar-refractivity contribution in [2.45, 2.75) is 51.6 Å². The molecule has 2 rings (SSSR count). The molecular weight excluding hydrogens is 203 g/mol. The van der Waals surface area contributed by atoms with E-state index in [-0.39, 0.29) is 5.82 Å². The maximum absolute atomic E-state index is 13.1. The molecule has 1 aliphatic carbocycles. The third kappa shape index (κ3) is 2.97. The van der Waals surface area contributed by atoms with Crippen molar-refractivity contribution >= 4 is 0 Å². The summed E-state index contributed by atoms with van der Waals surface area (Å²) in [5.41, 5.74) is 0.658. The summed E-state index contributed by atoms with van der Waals surface area (Å²) < 4.78 is 19.0. The van der Waals surface area contributed by atoms with Gasteiger partial charge >= 0.3 is 0 Å². The molecule has 1 aliphatic rings. The predicted molar refractivity (Wildman–Crippen MR) is 63.3 cm³/mol. The lowest BCUT2D eigenvalue weighted by atomic mass is 10.1. The second-order valence-electron chi connectivity index (χ2n) is 4.64. The van der Waals surface area contributed by atoms with Crippen LogP contribution in [0, 0.1) is 12.7 Å². The van der Waals surface area contributed by atoms with Gasteiger partial charge in [0.05, 0.1) is 6.10 Å². The van der Waals surface area contributed by atoms with Crippen LogP contribution in [-0.2, 0) is 0 Å². The molecule has 0 amide bonds. The normalized spacial score (nSPS) is 18.1. The van der Waals surface area contributed by atoms with Crippen LogP contribution < -0.4 is 4.74 Å². The Morgan fingerprint density at radius 3 is 2.44 bits per heavy atom. The smallest absolute Gasteiger partial charge is 0.126 e. The molecule has 0 spiro atoms. The Kier molecular flexibility index (Phi) is 3.81. The standard InChI is InChI=1S/C14H19FO/c1-11-10-13(8-9-14(11)15)16-12-6-4-2-3-5-7-12/h8-10,12H,2-7H2,1H3. The zero-order chi connectivity index (χ0) is 11.4. The van der Waals surface area contributed by atoms with Gasteiger partial charge < -0.3 is 4.74 Å². The van der Waals surface area contributed by atoms with E-state index in [1.54, 1.807) is 19.1 Å². The summed E-state index contributed by atoms with van der Waals surface area (Å²) in [4.78, 5) is 0. The molecule has 1 aromatic carbocycles. The predicted octanol–water partition coefficient (Wildman–Crippen LogP) is 4.24. The minimum atomic E-state index is -0.159. The van der Waals surface area contributed by atoms with Gasteiger partial charge in [0.25, 0.3) is 0 Å². The van der Waals surface area contributed by atoms with Crippen molar-refractivity contribution in [3.05, 3.63) is 29.6 Å². The molecule has 0 aliphatic heterocycles. The Labute approximate surface area is 96.6 Å². The van der Waals surface area contributed by atoms with Crippen LogP contribution >= 0.6 is 0 Å². The van der Waals surface area contributed by atoms with Crippen LogP contribution in [0.15, 0.2) is 18.2 Å². The number of hydrogen-bond donors (Lipinski definition) is 0. The Balaban J connectivity index is 1.99. The molecular formula is C14H19FO. The summed E-state index contributed by atoms with van der Waals surface area (Å²) in [6.07, 6.45) is 7.75. The minimum Gasteiger partial charge on any atom is -0.490 e. The molecule has 0 saturated heterocycles. The van der Waals surface area contributed by atoms with Gasteiger partial charge in [-0.05, 0) is 56.4 Å². The quantitative estimate of drug-likeness (QED) is 0.680. The zero-order valence-corrected chi connectivity index (χ0v) is 9.84. The van der Waals surface area contributed by atoms with Gasteiger partial charge in [-0.3, -0.25) is 0 Å². The summed E-state index contributed by atoms with van der Waals surface area (Å²) in [6.45, 7) is 1.77. The molecule has 0 aromatic heterocycles. The SMILES string of the molecule is Cc1cc(OC2CCCCCC2)ccc1F. The highest BCUT2D eigenvalue weighted by Crippen LogP contribution is 2.24. The molecule has 16 heavy (non-hydrogen) atoms. The number of hydrogen-bond acceptors (Lipinski definition) is 1. The molecule has 0 radical (unpaired) electrons. The van der Waals surface area contributed by atoms with Crippen LogP contribution in [0.2, 0.25) is 0 Å². The number of halogens is 1. The number of aryl methyl sites for hydroxylation is 1. The molecule has 1 saturated carbocycles. The summed E-state index contributed by atoms with van der Waals surface area (Å²) in [6, 6.07) is 5.01. The molecule has 2 heteroatoms. The fourth-order valence-electron chi connectivity index (χ4n) is 2.24. The van der Waals surface area contributed by atoms with E-state index in [1.165, 1.54) is 31.7 Å². The van der Waals surface area contributed by atoms with E-state index >= 15 is 0 Å². The van der Waals surface area contributed by atoms with E-state index < -0.39 is 0 Å². The summed E-state index contributed by atoms with van der Waals surface area (Å²) >= 11 is 0. The maximum Gasteiger partial charge on any atom is 0.126 e. The van der Waals surface area contributed by atoms with Crippen molar-refractivity contribution in [1.82, 2.24) is 0 Å². The lowest BCUT2D eigenvalue weighted by Crippen LogP contribution is -2.15. The van der Waals surface area contributed by atoms with E-state index in [0.717, 1.165) is 18.6 Å². The zero-order valence-electron chi connectivity index (χ0n) is 9.84. The summed E-state index contributed by atoms with van der Waals surface area (Å²) in [7, 11) is 0. The summed E-state index contributed by atoms with van der Waals surface area (Å²) in [5, 5.41) is 0. The van der Waals surface area contributed by atoms with Gasteiger partial charge in [-0.1, -0.05) is 12.8 Å². The fourth-order valence-corrected chi connectivity index (χ4v) is 2.24. The van der Waals surface area contributed by atoms with Gasteiger partial charge in [0, 0.05) is 0 Å². The highest BCUT2D eigenvalue weighted by molar-refractivity contribution is 5.29. The van der Waals surface area contributed by atoms with Crippen LogP contribution in [0.4, 0.5) is 4.39 Å². The Hall–Kier alpha value is -1.05. The molecule has 0 bridgehead atoms. The maximum atomic E-state index is 13.1. The first kappa shape index (κ1) is 11.4. The Morgan fingerprint density at radius 1 is 1.12 bits per heavy atom. The largest absolute Gasteiger partial charge is 0.490 e. The van der Waals surface area contributed by atoms with Crippen LogP contribution in [0.25, 0.3) is 0 Å². The molecule has 1 nitrogen and oxygen atoms in total. The third-order valence-electron chi connectivity index (χ3n) is 3.23. The minimum absolute atomic E-state index is 0.159. The lowest BCUT2D eigenvalue weighted by molar-refractivity contribution is 0.183. The van der Waals surface area contributed by atoms with Gasteiger partial charge in [-0.25, -0.2) is 4.39 Å². The third-order valence-corrected chi connectivity index (χ3v) is 3.23. The second kappa shape index (κ2) is 5.33. The molecule has 1 aromatic rings. The first-order valence-electron chi connectivity index (χ1n) is 6.18. The van der Waals surface area contributed by atoms with Crippen molar-refractivity contribution in [3.63, 3.8) is 0 Å². The average Bonchev–Trinajstić information content (AvgIpc) is 2.52. The molecule has 0 unspecified atom stereocenters. The van der Waals surface area contributed by atoms with Crippen LogP contribution in [0.3, 0.4) is 0 Å². The Bertz CT molecular complexity index is 341. The molecule has 1 fully saturated rings. The number of rotatable bonds is 2. The van der Waals surface area contributed by atoms with Crippen molar-refractivity contribution < 1.29 is 9.13 Å².